The van der Waals surface area contributed by atoms with Gasteiger partial charge in [0.25, 0.3) is 0 Å². The summed E-state index contributed by atoms with van der Waals surface area (Å²) in [6.07, 6.45) is 5.87. The van der Waals surface area contributed by atoms with Crippen LogP contribution in [0.3, 0.4) is 0 Å². The van der Waals surface area contributed by atoms with Gasteiger partial charge in [0.05, 0.1) is 0 Å². The van der Waals surface area contributed by atoms with E-state index in [4.69, 9.17) is 5.73 Å². The number of hydrogen-bond donors (Lipinski definition) is 2. The van der Waals surface area contributed by atoms with E-state index in [1.165, 1.54) is 37.7 Å². The summed E-state index contributed by atoms with van der Waals surface area (Å²) in [6.45, 7) is 0. The van der Waals surface area contributed by atoms with Gasteiger partial charge in [-0.2, -0.15) is 0 Å². The molecule has 2 nitrogen and oxygen atoms in total. The molecule has 1 fully saturated rings. The van der Waals surface area contributed by atoms with Crippen molar-refractivity contribution < 1.29 is 5.11 Å². The van der Waals surface area contributed by atoms with Gasteiger partial charge in [0.2, 0.25) is 0 Å². The van der Waals surface area contributed by atoms with E-state index in [1.54, 1.807) is 0 Å². The van der Waals surface area contributed by atoms with Crippen molar-refractivity contribution in [2.45, 2.75) is 44.2 Å². The SMILES string of the molecule is NC(O)c1ccc(C2CCCCC2)cc1. The molecule has 1 aliphatic rings. The van der Waals surface area contributed by atoms with Crippen LogP contribution in [0.25, 0.3) is 0 Å². The van der Waals surface area contributed by atoms with Crippen LogP contribution in [-0.2, 0) is 0 Å². The third-order valence-electron chi connectivity index (χ3n) is 3.35. The largest absolute Gasteiger partial charge is 0.375 e. The number of benzene rings is 1. The highest BCUT2D eigenvalue weighted by Crippen LogP contribution is 2.32. The smallest absolute Gasteiger partial charge is 0.128 e. The van der Waals surface area contributed by atoms with Crippen molar-refractivity contribution in [3.63, 3.8) is 0 Å². The molecule has 0 aromatic heterocycles. The molecule has 0 saturated heterocycles. The summed E-state index contributed by atoms with van der Waals surface area (Å²) >= 11 is 0. The first-order valence-electron chi connectivity index (χ1n) is 5.81. The second-order valence-corrected chi connectivity index (χ2v) is 4.45. The van der Waals surface area contributed by atoms with Gasteiger partial charge in [0, 0.05) is 0 Å². The quantitative estimate of drug-likeness (QED) is 0.729. The highest BCUT2D eigenvalue weighted by molar-refractivity contribution is 5.26. The molecule has 3 N–H and O–H groups in total. The Morgan fingerprint density at radius 1 is 1.07 bits per heavy atom. The topological polar surface area (TPSA) is 46.2 Å². The highest BCUT2D eigenvalue weighted by Gasteiger charge is 2.15. The third-order valence-corrected chi connectivity index (χ3v) is 3.35. The van der Waals surface area contributed by atoms with E-state index in [9.17, 15) is 5.11 Å². The van der Waals surface area contributed by atoms with Gasteiger partial charge in [-0.05, 0) is 29.9 Å². The van der Waals surface area contributed by atoms with Crippen LogP contribution < -0.4 is 5.73 Å². The first-order valence-corrected chi connectivity index (χ1v) is 5.81. The zero-order valence-corrected chi connectivity index (χ0v) is 9.02. The normalized spacial score (nSPS) is 20.1. The van der Waals surface area contributed by atoms with Crippen LogP contribution in [0.2, 0.25) is 0 Å². The molecule has 2 heteroatoms. The molecular weight excluding hydrogens is 186 g/mol. The van der Waals surface area contributed by atoms with Crippen molar-refractivity contribution >= 4 is 0 Å². The molecule has 1 aliphatic carbocycles. The Morgan fingerprint density at radius 2 is 1.67 bits per heavy atom. The van der Waals surface area contributed by atoms with Gasteiger partial charge in [-0.3, -0.25) is 0 Å². The lowest BCUT2D eigenvalue weighted by molar-refractivity contribution is 0.186. The number of rotatable bonds is 2. The Morgan fingerprint density at radius 3 is 2.20 bits per heavy atom. The van der Waals surface area contributed by atoms with E-state index in [1.807, 2.05) is 12.1 Å². The van der Waals surface area contributed by atoms with Gasteiger partial charge in [-0.15, -0.1) is 0 Å². The first kappa shape index (κ1) is 10.7. The lowest BCUT2D eigenvalue weighted by atomic mass is 9.84. The minimum absolute atomic E-state index is 0.725. The lowest BCUT2D eigenvalue weighted by Crippen LogP contribution is -2.09. The summed E-state index contributed by atoms with van der Waals surface area (Å²) in [5, 5.41) is 9.20. The molecule has 0 aliphatic heterocycles. The third kappa shape index (κ3) is 2.58. The van der Waals surface area contributed by atoms with Gasteiger partial charge in [0.15, 0.2) is 0 Å². The molecule has 1 aromatic rings. The summed E-state index contributed by atoms with van der Waals surface area (Å²) in [6, 6.07) is 8.10. The van der Waals surface area contributed by atoms with Crippen molar-refractivity contribution in [1.29, 1.82) is 0 Å². The van der Waals surface area contributed by atoms with E-state index in [0.29, 0.717) is 0 Å². The van der Waals surface area contributed by atoms with Crippen molar-refractivity contribution in [2.24, 2.45) is 5.73 Å². The molecule has 1 unspecified atom stereocenters. The zero-order chi connectivity index (χ0) is 10.7. The van der Waals surface area contributed by atoms with Crippen molar-refractivity contribution in [3.8, 4) is 0 Å². The second kappa shape index (κ2) is 4.77. The Labute approximate surface area is 91.1 Å². The molecule has 0 radical (unpaired) electrons. The molecule has 82 valence electrons. The Hall–Kier alpha value is -0.860. The highest BCUT2D eigenvalue weighted by atomic mass is 16.3. The number of hydrogen-bond acceptors (Lipinski definition) is 2. The van der Waals surface area contributed by atoms with Crippen LogP contribution in [0.5, 0.6) is 0 Å². The monoisotopic (exact) mass is 205 g/mol. The molecule has 1 aromatic carbocycles. The molecule has 15 heavy (non-hydrogen) atoms. The fourth-order valence-corrected chi connectivity index (χ4v) is 2.40. The predicted molar refractivity (Wildman–Crippen MR) is 61.4 cm³/mol. The number of nitrogens with two attached hydrogens (primary N) is 1. The van der Waals surface area contributed by atoms with Crippen LogP contribution in [0, 0.1) is 0 Å². The van der Waals surface area contributed by atoms with Crippen molar-refractivity contribution in [2.75, 3.05) is 0 Å². The maximum atomic E-state index is 9.20. The molecule has 0 heterocycles. The predicted octanol–water partition coefficient (Wildman–Crippen LogP) is 2.68. The summed E-state index contributed by atoms with van der Waals surface area (Å²) in [5.41, 5.74) is 7.60. The molecule has 0 spiro atoms. The van der Waals surface area contributed by atoms with Crippen molar-refractivity contribution in [3.05, 3.63) is 35.4 Å². The van der Waals surface area contributed by atoms with E-state index in [-0.39, 0.29) is 0 Å². The van der Waals surface area contributed by atoms with Gasteiger partial charge in [0.1, 0.15) is 6.23 Å². The second-order valence-electron chi connectivity index (χ2n) is 4.45. The van der Waals surface area contributed by atoms with Crippen molar-refractivity contribution in [1.82, 2.24) is 0 Å². The maximum Gasteiger partial charge on any atom is 0.128 e. The van der Waals surface area contributed by atoms with Gasteiger partial charge in [-0.25, -0.2) is 0 Å². The average Bonchev–Trinajstić information content (AvgIpc) is 2.30. The molecule has 2 rings (SSSR count). The Bertz CT molecular complexity index is 299. The van der Waals surface area contributed by atoms with E-state index in [0.717, 1.165) is 11.5 Å². The van der Waals surface area contributed by atoms with E-state index < -0.39 is 6.23 Å². The van der Waals surface area contributed by atoms with E-state index in [2.05, 4.69) is 12.1 Å². The van der Waals surface area contributed by atoms with Gasteiger partial charge >= 0.3 is 0 Å². The molecule has 1 atom stereocenters. The summed E-state index contributed by atoms with van der Waals surface area (Å²) in [7, 11) is 0. The Kier molecular flexibility index (Phi) is 3.39. The number of aliphatic hydroxyl groups excluding tert-OH is 1. The first-order chi connectivity index (χ1) is 7.27. The average molecular weight is 205 g/mol. The van der Waals surface area contributed by atoms with Crippen LogP contribution in [-0.4, -0.2) is 5.11 Å². The van der Waals surface area contributed by atoms with Gasteiger partial charge in [-0.1, -0.05) is 43.5 Å². The number of aliphatic hydroxyl groups is 1. The molecule has 0 bridgehead atoms. The van der Waals surface area contributed by atoms with Crippen LogP contribution in [0.1, 0.15) is 55.4 Å². The fraction of sp³-hybridized carbons (Fsp3) is 0.538. The summed E-state index contributed by atoms with van der Waals surface area (Å²) < 4.78 is 0. The summed E-state index contributed by atoms with van der Waals surface area (Å²) in [5.74, 6) is 0.725. The van der Waals surface area contributed by atoms with Crippen LogP contribution >= 0.6 is 0 Å². The molecule has 0 amide bonds. The standard InChI is InChI=1S/C13H19NO/c14-13(15)12-8-6-11(7-9-12)10-4-2-1-3-5-10/h6-10,13,15H,1-5,14H2. The fourth-order valence-electron chi connectivity index (χ4n) is 2.40. The Balaban J connectivity index is 2.08. The minimum atomic E-state index is -0.842. The zero-order valence-electron chi connectivity index (χ0n) is 9.02. The molecule has 1 saturated carbocycles. The van der Waals surface area contributed by atoms with Crippen LogP contribution in [0.4, 0.5) is 0 Å². The molecular formula is C13H19NO. The maximum absolute atomic E-state index is 9.20. The van der Waals surface area contributed by atoms with Gasteiger partial charge < -0.3 is 10.8 Å². The summed E-state index contributed by atoms with van der Waals surface area (Å²) in [4.78, 5) is 0. The lowest BCUT2D eigenvalue weighted by Gasteiger charge is -2.22. The van der Waals surface area contributed by atoms with E-state index >= 15 is 0 Å². The minimum Gasteiger partial charge on any atom is -0.375 e. The van der Waals surface area contributed by atoms with Crippen LogP contribution in [0.15, 0.2) is 24.3 Å².